The Morgan fingerprint density at radius 3 is 2.16 bits per heavy atom. The van der Waals surface area contributed by atoms with E-state index in [0.29, 0.717) is 12.2 Å². The molecule has 31 heavy (non-hydrogen) atoms. The number of likely N-dealkylation sites (N-methyl/N-ethyl adjacent to an activating group) is 1. The minimum absolute atomic E-state index is 0.147. The molecule has 0 fully saturated rings. The van der Waals surface area contributed by atoms with E-state index in [1.165, 1.54) is 19.1 Å². The zero-order valence-corrected chi connectivity index (χ0v) is 18.8. The van der Waals surface area contributed by atoms with Gasteiger partial charge in [0.2, 0.25) is 21.8 Å². The van der Waals surface area contributed by atoms with Crippen LogP contribution in [0.3, 0.4) is 0 Å². The van der Waals surface area contributed by atoms with E-state index >= 15 is 0 Å². The molecule has 0 saturated carbocycles. The summed E-state index contributed by atoms with van der Waals surface area (Å²) in [4.78, 5) is 27.8. The monoisotopic (exact) mass is 447 g/mol. The lowest BCUT2D eigenvalue weighted by atomic mass is 10.0. The van der Waals surface area contributed by atoms with Crippen LogP contribution >= 0.6 is 0 Å². The summed E-state index contributed by atoms with van der Waals surface area (Å²) in [5, 5.41) is 2.80. The summed E-state index contributed by atoms with van der Waals surface area (Å²) in [5.41, 5.74) is 1.45. The molecule has 1 atom stereocenters. The van der Waals surface area contributed by atoms with Gasteiger partial charge in [0.25, 0.3) is 0 Å². The van der Waals surface area contributed by atoms with Crippen molar-refractivity contribution in [3.63, 3.8) is 0 Å². The highest BCUT2D eigenvalue weighted by molar-refractivity contribution is 7.88. The molecule has 2 amide bonds. The number of benzene rings is 2. The van der Waals surface area contributed by atoms with Gasteiger partial charge in [-0.25, -0.2) is 8.42 Å². The van der Waals surface area contributed by atoms with Crippen molar-refractivity contribution in [2.75, 3.05) is 40.1 Å². The largest absolute Gasteiger partial charge is 0.383 e. The smallest absolute Gasteiger partial charge is 0.247 e. The van der Waals surface area contributed by atoms with Gasteiger partial charge in [-0.15, -0.1) is 0 Å². The molecule has 2 aromatic rings. The summed E-state index contributed by atoms with van der Waals surface area (Å²) in [6, 6.07) is 17.3. The van der Waals surface area contributed by atoms with Crippen LogP contribution in [0.4, 0.5) is 0 Å². The number of methoxy groups -OCH3 is 1. The number of hydrogen-bond acceptors (Lipinski definition) is 5. The Kier molecular flexibility index (Phi) is 9.17. The minimum Gasteiger partial charge on any atom is -0.383 e. The highest BCUT2D eigenvalue weighted by Gasteiger charge is 2.32. The van der Waals surface area contributed by atoms with Gasteiger partial charge in [-0.05, 0) is 11.1 Å². The molecule has 0 heterocycles. The lowest BCUT2D eigenvalue weighted by Crippen LogP contribution is -2.47. The van der Waals surface area contributed by atoms with E-state index < -0.39 is 22.0 Å². The van der Waals surface area contributed by atoms with Gasteiger partial charge in [0.05, 0.1) is 19.4 Å². The number of hydrogen-bond donors (Lipinski definition) is 1. The van der Waals surface area contributed by atoms with Crippen molar-refractivity contribution in [1.29, 1.82) is 0 Å². The molecular formula is C22H29N3O5S. The normalized spacial score (nSPS) is 12.4. The average molecular weight is 448 g/mol. The van der Waals surface area contributed by atoms with Crippen molar-refractivity contribution >= 4 is 21.8 Å². The lowest BCUT2D eigenvalue weighted by Gasteiger charge is -2.32. The maximum Gasteiger partial charge on any atom is 0.247 e. The zero-order chi connectivity index (χ0) is 22.9. The Balaban J connectivity index is 2.43. The van der Waals surface area contributed by atoms with Crippen LogP contribution < -0.4 is 5.32 Å². The van der Waals surface area contributed by atoms with Crippen molar-refractivity contribution in [1.82, 2.24) is 14.5 Å². The second-order valence-electron chi connectivity index (χ2n) is 7.12. The summed E-state index contributed by atoms with van der Waals surface area (Å²) in [5.74, 6) is -0.845. The third-order valence-corrected chi connectivity index (χ3v) is 5.98. The molecule has 0 bridgehead atoms. The van der Waals surface area contributed by atoms with E-state index in [1.807, 2.05) is 36.4 Å². The van der Waals surface area contributed by atoms with E-state index in [2.05, 4.69) is 5.32 Å². The standard InChI is InChI=1S/C22H29N3O5S/c1-24(31(3,28)29)17-20(26)25(16-18-10-6-4-7-11-18)21(19-12-8-5-9-13-19)22(27)23-14-15-30-2/h4-13,21H,14-17H2,1-3H3,(H,23,27)/t21-/m0/s1. The molecular weight excluding hydrogens is 418 g/mol. The number of nitrogens with zero attached hydrogens (tertiary/aromatic N) is 2. The summed E-state index contributed by atoms with van der Waals surface area (Å²) >= 11 is 0. The molecule has 0 aromatic heterocycles. The topological polar surface area (TPSA) is 96.0 Å². The molecule has 9 heteroatoms. The Morgan fingerprint density at radius 2 is 1.61 bits per heavy atom. The van der Waals surface area contributed by atoms with E-state index in [-0.39, 0.29) is 25.5 Å². The van der Waals surface area contributed by atoms with E-state index in [1.54, 1.807) is 24.3 Å². The average Bonchev–Trinajstić information content (AvgIpc) is 2.74. The van der Waals surface area contributed by atoms with E-state index in [9.17, 15) is 18.0 Å². The van der Waals surface area contributed by atoms with Gasteiger partial charge in [-0.3, -0.25) is 9.59 Å². The van der Waals surface area contributed by atoms with Crippen LogP contribution in [-0.4, -0.2) is 69.5 Å². The van der Waals surface area contributed by atoms with Crippen LogP contribution in [0.2, 0.25) is 0 Å². The summed E-state index contributed by atoms with van der Waals surface area (Å²) < 4.78 is 29.7. The number of carbonyl (C=O) groups excluding carboxylic acids is 2. The predicted molar refractivity (Wildman–Crippen MR) is 119 cm³/mol. The third kappa shape index (κ3) is 7.46. The fourth-order valence-electron chi connectivity index (χ4n) is 2.98. The van der Waals surface area contributed by atoms with Crippen molar-refractivity contribution in [3.8, 4) is 0 Å². The van der Waals surface area contributed by atoms with Crippen molar-refractivity contribution < 1.29 is 22.7 Å². The molecule has 0 aliphatic heterocycles. The van der Waals surface area contributed by atoms with Crippen LogP contribution in [0.25, 0.3) is 0 Å². The summed E-state index contributed by atoms with van der Waals surface area (Å²) in [6.07, 6.45) is 1.04. The molecule has 0 radical (unpaired) electrons. The van der Waals surface area contributed by atoms with Crippen LogP contribution in [-0.2, 0) is 30.9 Å². The first-order valence-electron chi connectivity index (χ1n) is 9.80. The number of amides is 2. The van der Waals surface area contributed by atoms with Gasteiger partial charge in [0.1, 0.15) is 6.04 Å². The van der Waals surface area contributed by atoms with Gasteiger partial charge >= 0.3 is 0 Å². The molecule has 8 nitrogen and oxygen atoms in total. The van der Waals surface area contributed by atoms with Crippen LogP contribution in [0.5, 0.6) is 0 Å². The molecule has 2 rings (SSSR count). The van der Waals surface area contributed by atoms with Crippen LogP contribution in [0.1, 0.15) is 17.2 Å². The van der Waals surface area contributed by atoms with Crippen molar-refractivity contribution in [2.45, 2.75) is 12.6 Å². The lowest BCUT2D eigenvalue weighted by molar-refractivity contribution is -0.141. The SMILES string of the molecule is COCCNC(=O)[C@H](c1ccccc1)N(Cc1ccccc1)C(=O)CN(C)S(C)(=O)=O. The Hall–Kier alpha value is -2.75. The number of carbonyl (C=O) groups is 2. The molecule has 0 spiro atoms. The van der Waals surface area contributed by atoms with Crippen LogP contribution in [0, 0.1) is 0 Å². The number of rotatable bonds is 11. The van der Waals surface area contributed by atoms with Gasteiger partial charge in [0, 0.05) is 27.2 Å². The van der Waals surface area contributed by atoms with Crippen LogP contribution in [0.15, 0.2) is 60.7 Å². The second kappa shape index (κ2) is 11.6. The fourth-order valence-corrected chi connectivity index (χ4v) is 3.33. The Labute approximate surface area is 183 Å². The molecule has 1 N–H and O–H groups in total. The highest BCUT2D eigenvalue weighted by atomic mass is 32.2. The highest BCUT2D eigenvalue weighted by Crippen LogP contribution is 2.24. The first-order valence-corrected chi connectivity index (χ1v) is 11.6. The molecule has 0 aliphatic carbocycles. The molecule has 2 aromatic carbocycles. The maximum atomic E-state index is 13.3. The quantitative estimate of drug-likeness (QED) is 0.526. The summed E-state index contributed by atoms with van der Waals surface area (Å²) in [6.45, 7) is 0.390. The van der Waals surface area contributed by atoms with Crippen molar-refractivity contribution in [2.24, 2.45) is 0 Å². The van der Waals surface area contributed by atoms with Gasteiger partial charge in [0.15, 0.2) is 0 Å². The van der Waals surface area contributed by atoms with Gasteiger partial charge < -0.3 is 15.0 Å². The zero-order valence-electron chi connectivity index (χ0n) is 18.0. The van der Waals surface area contributed by atoms with Gasteiger partial charge in [-0.2, -0.15) is 4.31 Å². The van der Waals surface area contributed by atoms with E-state index in [4.69, 9.17) is 4.74 Å². The van der Waals surface area contributed by atoms with Gasteiger partial charge in [-0.1, -0.05) is 60.7 Å². The molecule has 0 aliphatic rings. The molecule has 168 valence electrons. The number of sulfonamides is 1. The summed E-state index contributed by atoms with van der Waals surface area (Å²) in [7, 11) is -0.691. The second-order valence-corrected chi connectivity index (χ2v) is 9.21. The first-order chi connectivity index (χ1) is 14.7. The molecule has 0 unspecified atom stereocenters. The maximum absolute atomic E-state index is 13.3. The Bertz CT molecular complexity index is 952. The number of nitrogens with one attached hydrogen (secondary N) is 1. The minimum atomic E-state index is -3.56. The van der Waals surface area contributed by atoms with E-state index in [0.717, 1.165) is 16.1 Å². The Morgan fingerprint density at radius 1 is 1.03 bits per heavy atom. The first kappa shape index (κ1) is 24.5. The van der Waals surface area contributed by atoms with Crippen molar-refractivity contribution in [3.05, 3.63) is 71.8 Å². The fraction of sp³-hybridized carbons (Fsp3) is 0.364. The predicted octanol–water partition coefficient (Wildman–Crippen LogP) is 1.41. The number of ether oxygens (including phenoxy) is 1. The molecule has 0 saturated heterocycles. The third-order valence-electron chi connectivity index (χ3n) is 4.72.